The summed E-state index contributed by atoms with van der Waals surface area (Å²) in [4.78, 5) is 11.5. The van der Waals surface area contributed by atoms with Gasteiger partial charge in [0.2, 0.25) is 5.95 Å². The van der Waals surface area contributed by atoms with Gasteiger partial charge in [-0.1, -0.05) is 6.07 Å². The molecule has 0 amide bonds. The lowest BCUT2D eigenvalue weighted by molar-refractivity contribution is 0.923. The van der Waals surface area contributed by atoms with Crippen LogP contribution in [0.5, 0.6) is 0 Å². The summed E-state index contributed by atoms with van der Waals surface area (Å²) in [5.74, 6) is 1.71. The second-order valence-electron chi connectivity index (χ2n) is 5.81. The van der Waals surface area contributed by atoms with Crippen LogP contribution in [0.3, 0.4) is 0 Å². The molecule has 3 rings (SSSR count). The van der Waals surface area contributed by atoms with Crippen molar-refractivity contribution in [2.75, 3.05) is 23.3 Å². The minimum Gasteiger partial charge on any atom is -0.356 e. The van der Waals surface area contributed by atoms with E-state index < -0.39 is 0 Å². The summed E-state index contributed by atoms with van der Waals surface area (Å²) >= 11 is 0. The number of aryl methyl sites for hydroxylation is 3. The summed E-state index contributed by atoms with van der Waals surface area (Å²) in [7, 11) is 0. The van der Waals surface area contributed by atoms with Crippen LogP contribution in [-0.2, 0) is 0 Å². The van der Waals surface area contributed by atoms with E-state index in [1.807, 2.05) is 6.92 Å². The second kappa shape index (κ2) is 5.72. The average molecular weight is 282 g/mol. The number of nitrogens with zero attached hydrogens (tertiary/aromatic N) is 3. The van der Waals surface area contributed by atoms with E-state index in [0.29, 0.717) is 5.95 Å². The molecule has 2 heterocycles. The molecule has 2 aromatic rings. The molecule has 1 fully saturated rings. The van der Waals surface area contributed by atoms with Crippen molar-refractivity contribution in [3.05, 3.63) is 41.1 Å². The maximum absolute atomic E-state index is 4.67. The van der Waals surface area contributed by atoms with Crippen molar-refractivity contribution in [2.45, 2.75) is 33.6 Å². The lowest BCUT2D eigenvalue weighted by atomic mass is 10.1. The first kappa shape index (κ1) is 13.9. The lowest BCUT2D eigenvalue weighted by Gasteiger charge is -2.18. The SMILES string of the molecule is Cc1cc(N2CCCC2)nc(Nc2ccc(C)c(C)c2)n1. The lowest BCUT2D eigenvalue weighted by Crippen LogP contribution is -2.19. The highest BCUT2D eigenvalue weighted by molar-refractivity contribution is 5.57. The van der Waals surface area contributed by atoms with Gasteiger partial charge in [-0.05, 0) is 56.9 Å². The van der Waals surface area contributed by atoms with Crippen LogP contribution in [0.2, 0.25) is 0 Å². The van der Waals surface area contributed by atoms with E-state index >= 15 is 0 Å². The third-order valence-corrected chi connectivity index (χ3v) is 4.03. The normalized spacial score (nSPS) is 14.5. The molecule has 1 aromatic heterocycles. The Morgan fingerprint density at radius 1 is 0.952 bits per heavy atom. The van der Waals surface area contributed by atoms with Gasteiger partial charge in [-0.2, -0.15) is 4.98 Å². The van der Waals surface area contributed by atoms with E-state index in [2.05, 4.69) is 58.3 Å². The minimum atomic E-state index is 0.681. The van der Waals surface area contributed by atoms with Gasteiger partial charge in [0, 0.05) is 30.5 Å². The molecule has 4 nitrogen and oxygen atoms in total. The molecule has 0 bridgehead atoms. The first-order chi connectivity index (χ1) is 10.1. The van der Waals surface area contributed by atoms with Gasteiger partial charge in [0.05, 0.1) is 0 Å². The van der Waals surface area contributed by atoms with E-state index in [-0.39, 0.29) is 0 Å². The van der Waals surface area contributed by atoms with Gasteiger partial charge in [0.1, 0.15) is 5.82 Å². The Bertz CT molecular complexity index is 645. The van der Waals surface area contributed by atoms with Crippen LogP contribution in [0.25, 0.3) is 0 Å². The molecule has 4 heteroatoms. The summed E-state index contributed by atoms with van der Waals surface area (Å²) in [5, 5.41) is 3.33. The Hall–Kier alpha value is -2.10. The Balaban J connectivity index is 1.85. The predicted molar refractivity (Wildman–Crippen MR) is 87.4 cm³/mol. The monoisotopic (exact) mass is 282 g/mol. The first-order valence-electron chi connectivity index (χ1n) is 7.57. The molecule has 1 aliphatic heterocycles. The molecule has 1 aromatic carbocycles. The molecule has 0 atom stereocenters. The summed E-state index contributed by atoms with van der Waals surface area (Å²) in [6, 6.07) is 8.39. The molecule has 0 spiro atoms. The summed E-state index contributed by atoms with van der Waals surface area (Å²) in [5.41, 5.74) is 4.60. The van der Waals surface area contributed by atoms with Crippen LogP contribution in [0.1, 0.15) is 29.7 Å². The topological polar surface area (TPSA) is 41.1 Å². The average Bonchev–Trinajstić information content (AvgIpc) is 2.96. The van der Waals surface area contributed by atoms with Gasteiger partial charge >= 0.3 is 0 Å². The zero-order chi connectivity index (χ0) is 14.8. The zero-order valence-electron chi connectivity index (χ0n) is 13.0. The van der Waals surface area contributed by atoms with Crippen LogP contribution >= 0.6 is 0 Å². The number of rotatable bonds is 3. The van der Waals surface area contributed by atoms with Crippen molar-refractivity contribution in [2.24, 2.45) is 0 Å². The highest BCUT2D eigenvalue weighted by atomic mass is 15.2. The van der Waals surface area contributed by atoms with E-state index in [1.165, 1.54) is 24.0 Å². The first-order valence-corrected chi connectivity index (χ1v) is 7.57. The molecule has 0 aliphatic carbocycles. The van der Waals surface area contributed by atoms with Crippen LogP contribution < -0.4 is 10.2 Å². The van der Waals surface area contributed by atoms with Crippen LogP contribution in [0.15, 0.2) is 24.3 Å². The van der Waals surface area contributed by atoms with Crippen molar-refractivity contribution in [3.63, 3.8) is 0 Å². The van der Waals surface area contributed by atoms with E-state index in [1.54, 1.807) is 0 Å². The largest absolute Gasteiger partial charge is 0.356 e. The van der Waals surface area contributed by atoms with Gasteiger partial charge in [-0.3, -0.25) is 0 Å². The van der Waals surface area contributed by atoms with Gasteiger partial charge in [0.25, 0.3) is 0 Å². The Morgan fingerprint density at radius 3 is 2.43 bits per heavy atom. The Labute approximate surface area is 126 Å². The number of hydrogen-bond acceptors (Lipinski definition) is 4. The predicted octanol–water partition coefficient (Wildman–Crippen LogP) is 3.75. The quantitative estimate of drug-likeness (QED) is 0.931. The summed E-state index contributed by atoms with van der Waals surface area (Å²) in [6.07, 6.45) is 2.51. The zero-order valence-corrected chi connectivity index (χ0v) is 13.0. The molecule has 1 N–H and O–H groups in total. The van der Waals surface area contributed by atoms with Gasteiger partial charge in [-0.15, -0.1) is 0 Å². The van der Waals surface area contributed by atoms with Crippen molar-refractivity contribution >= 4 is 17.5 Å². The fourth-order valence-electron chi connectivity index (χ4n) is 2.66. The Morgan fingerprint density at radius 2 is 1.71 bits per heavy atom. The van der Waals surface area contributed by atoms with E-state index in [4.69, 9.17) is 0 Å². The molecule has 1 saturated heterocycles. The third kappa shape index (κ3) is 3.15. The molecule has 0 unspecified atom stereocenters. The van der Waals surface area contributed by atoms with Crippen LogP contribution in [0, 0.1) is 20.8 Å². The van der Waals surface area contributed by atoms with E-state index in [9.17, 15) is 0 Å². The minimum absolute atomic E-state index is 0.681. The fraction of sp³-hybridized carbons (Fsp3) is 0.412. The van der Waals surface area contributed by atoms with Gasteiger partial charge in [-0.25, -0.2) is 4.98 Å². The number of benzene rings is 1. The number of aromatic nitrogens is 2. The molecule has 110 valence electrons. The highest BCUT2D eigenvalue weighted by Crippen LogP contribution is 2.22. The number of nitrogens with one attached hydrogen (secondary N) is 1. The van der Waals surface area contributed by atoms with Crippen LogP contribution in [0.4, 0.5) is 17.5 Å². The molecule has 0 saturated carbocycles. The van der Waals surface area contributed by atoms with Gasteiger partial charge < -0.3 is 10.2 Å². The standard InChI is InChI=1S/C17H22N4/c1-12-6-7-15(10-13(12)2)19-17-18-14(3)11-16(20-17)21-8-4-5-9-21/h6-7,10-11H,4-5,8-9H2,1-3H3,(H,18,19,20). The van der Waals surface area contributed by atoms with E-state index in [0.717, 1.165) is 30.3 Å². The Kier molecular flexibility index (Phi) is 3.78. The van der Waals surface area contributed by atoms with Crippen molar-refractivity contribution < 1.29 is 0 Å². The maximum atomic E-state index is 4.67. The molecule has 21 heavy (non-hydrogen) atoms. The molecule has 1 aliphatic rings. The van der Waals surface area contributed by atoms with Crippen LogP contribution in [-0.4, -0.2) is 23.1 Å². The third-order valence-electron chi connectivity index (χ3n) is 4.03. The second-order valence-corrected chi connectivity index (χ2v) is 5.81. The summed E-state index contributed by atoms with van der Waals surface area (Å²) in [6.45, 7) is 8.45. The van der Waals surface area contributed by atoms with Crippen molar-refractivity contribution in [1.82, 2.24) is 9.97 Å². The van der Waals surface area contributed by atoms with Crippen molar-refractivity contribution in [1.29, 1.82) is 0 Å². The number of hydrogen-bond donors (Lipinski definition) is 1. The molecule has 0 radical (unpaired) electrons. The maximum Gasteiger partial charge on any atom is 0.229 e. The summed E-state index contributed by atoms with van der Waals surface area (Å²) < 4.78 is 0. The highest BCUT2D eigenvalue weighted by Gasteiger charge is 2.15. The molecular formula is C17H22N4. The van der Waals surface area contributed by atoms with Crippen molar-refractivity contribution in [3.8, 4) is 0 Å². The smallest absolute Gasteiger partial charge is 0.229 e. The van der Waals surface area contributed by atoms with Gasteiger partial charge in [0.15, 0.2) is 0 Å². The fourth-order valence-corrected chi connectivity index (χ4v) is 2.66. The molecular weight excluding hydrogens is 260 g/mol. The number of anilines is 3.